The first-order chi connectivity index (χ1) is 6.29. The zero-order valence-electron chi connectivity index (χ0n) is 9.18. The Labute approximate surface area is 81.5 Å². The Kier molecular flexibility index (Phi) is 6.21. The third-order valence-electron chi connectivity index (χ3n) is 2.08. The Morgan fingerprint density at radius 2 is 2.08 bits per heavy atom. The number of carbonyl (C=O) groups is 1. The Hall–Kier alpha value is -0.850. The topological polar surface area (TPSA) is 17.1 Å². The molecule has 13 heavy (non-hydrogen) atoms. The number of ketones is 1. The van der Waals surface area contributed by atoms with E-state index >= 15 is 0 Å². The number of allylic oxidation sites excluding steroid dienone is 4. The van der Waals surface area contributed by atoms with Gasteiger partial charge in [-0.05, 0) is 25.3 Å². The quantitative estimate of drug-likeness (QED) is 0.563. The number of hydrogen-bond donors (Lipinski definition) is 0. The molecule has 0 unspecified atom stereocenters. The molecule has 0 fully saturated rings. The molecule has 74 valence electrons. The van der Waals surface area contributed by atoms with Crippen molar-refractivity contribution in [2.24, 2.45) is 0 Å². The lowest BCUT2D eigenvalue weighted by molar-refractivity contribution is -0.115. The second-order valence-corrected chi connectivity index (χ2v) is 2.75. The Morgan fingerprint density at radius 3 is 2.46 bits per heavy atom. The van der Waals surface area contributed by atoms with Gasteiger partial charge in [0.05, 0.1) is 0 Å². The molecule has 0 N–H and O–H groups in total. The van der Waals surface area contributed by atoms with Crippen molar-refractivity contribution in [3.63, 3.8) is 0 Å². The predicted octanol–water partition coefficient (Wildman–Crippen LogP) is 3.66. The molecule has 0 saturated carbocycles. The largest absolute Gasteiger partial charge is 0.294 e. The molecular formula is C12H20O. The lowest BCUT2D eigenvalue weighted by Crippen LogP contribution is -2.08. The van der Waals surface area contributed by atoms with Crippen molar-refractivity contribution in [2.75, 3.05) is 0 Å². The van der Waals surface area contributed by atoms with Gasteiger partial charge in [0, 0.05) is 12.0 Å². The summed E-state index contributed by atoms with van der Waals surface area (Å²) in [6.07, 6.45) is 6.71. The van der Waals surface area contributed by atoms with Gasteiger partial charge in [0.15, 0.2) is 5.78 Å². The molecule has 1 aliphatic carbocycles. The molecule has 1 aliphatic rings. The fraction of sp³-hybridized carbons (Fsp3) is 0.583. The minimum absolute atomic E-state index is 0.312. The van der Waals surface area contributed by atoms with Crippen LogP contribution in [0.4, 0.5) is 0 Å². The summed E-state index contributed by atoms with van der Waals surface area (Å²) in [6.45, 7) is 8.02. The van der Waals surface area contributed by atoms with E-state index in [9.17, 15) is 4.79 Å². The van der Waals surface area contributed by atoms with Crippen molar-refractivity contribution in [1.29, 1.82) is 0 Å². The molecule has 0 saturated heterocycles. The maximum atomic E-state index is 11.3. The molecule has 0 aromatic heterocycles. The molecule has 0 aromatic carbocycles. The summed E-state index contributed by atoms with van der Waals surface area (Å²) in [5, 5.41) is 0. The van der Waals surface area contributed by atoms with Crippen LogP contribution < -0.4 is 0 Å². The standard InChI is InChI=1S/C10H14O.C2H6/c1-3-8-6-5-7-10(11)9(8)4-2;1-2/h4,6H,3,5,7H2,1-2H3;1-2H3/b9-4-;. The minimum Gasteiger partial charge on any atom is -0.294 e. The second-order valence-electron chi connectivity index (χ2n) is 2.75. The summed E-state index contributed by atoms with van der Waals surface area (Å²) in [5.41, 5.74) is 2.17. The van der Waals surface area contributed by atoms with E-state index in [0.717, 1.165) is 18.4 Å². The summed E-state index contributed by atoms with van der Waals surface area (Å²) >= 11 is 0. The van der Waals surface area contributed by atoms with E-state index < -0.39 is 0 Å². The number of Topliss-reactive ketones (excluding diaryl/α,β-unsaturated/α-hetero) is 1. The van der Waals surface area contributed by atoms with Crippen molar-refractivity contribution < 1.29 is 4.79 Å². The van der Waals surface area contributed by atoms with E-state index in [2.05, 4.69) is 13.0 Å². The maximum absolute atomic E-state index is 11.3. The van der Waals surface area contributed by atoms with Crippen LogP contribution in [-0.4, -0.2) is 5.78 Å². The van der Waals surface area contributed by atoms with Crippen LogP contribution in [0, 0.1) is 0 Å². The summed E-state index contributed by atoms with van der Waals surface area (Å²) < 4.78 is 0. The maximum Gasteiger partial charge on any atom is 0.163 e. The van der Waals surface area contributed by atoms with Crippen LogP contribution in [0.5, 0.6) is 0 Å². The number of carbonyl (C=O) groups excluding carboxylic acids is 1. The van der Waals surface area contributed by atoms with Crippen LogP contribution in [0.15, 0.2) is 23.3 Å². The smallest absolute Gasteiger partial charge is 0.163 e. The minimum atomic E-state index is 0.312. The van der Waals surface area contributed by atoms with E-state index in [-0.39, 0.29) is 0 Å². The van der Waals surface area contributed by atoms with Crippen molar-refractivity contribution in [3.8, 4) is 0 Å². The van der Waals surface area contributed by atoms with Gasteiger partial charge in [-0.15, -0.1) is 0 Å². The molecule has 0 heterocycles. The molecule has 0 amide bonds. The molecule has 0 aliphatic heterocycles. The highest BCUT2D eigenvalue weighted by Crippen LogP contribution is 2.22. The summed E-state index contributed by atoms with van der Waals surface area (Å²) in [6, 6.07) is 0. The van der Waals surface area contributed by atoms with Gasteiger partial charge in [-0.1, -0.05) is 32.9 Å². The van der Waals surface area contributed by atoms with Gasteiger partial charge in [0.25, 0.3) is 0 Å². The van der Waals surface area contributed by atoms with Crippen LogP contribution in [0.1, 0.15) is 47.0 Å². The van der Waals surface area contributed by atoms with E-state index in [4.69, 9.17) is 0 Å². The van der Waals surface area contributed by atoms with Gasteiger partial charge in [0.1, 0.15) is 0 Å². The summed E-state index contributed by atoms with van der Waals surface area (Å²) in [4.78, 5) is 11.3. The fourth-order valence-corrected chi connectivity index (χ4v) is 1.48. The van der Waals surface area contributed by atoms with Crippen LogP contribution in [0.2, 0.25) is 0 Å². The van der Waals surface area contributed by atoms with Gasteiger partial charge in [-0.2, -0.15) is 0 Å². The lowest BCUT2D eigenvalue weighted by atomic mass is 9.91. The zero-order chi connectivity index (χ0) is 10.3. The van der Waals surface area contributed by atoms with Crippen molar-refractivity contribution in [1.82, 2.24) is 0 Å². The molecule has 1 heteroatoms. The van der Waals surface area contributed by atoms with Gasteiger partial charge in [0.2, 0.25) is 0 Å². The first kappa shape index (κ1) is 12.2. The Morgan fingerprint density at radius 1 is 1.46 bits per heavy atom. The SMILES string of the molecule is C/C=C1\C(=O)CCC=C1CC.CC. The molecule has 0 radical (unpaired) electrons. The third-order valence-corrected chi connectivity index (χ3v) is 2.08. The monoisotopic (exact) mass is 180 g/mol. The Bertz CT molecular complexity index is 221. The van der Waals surface area contributed by atoms with Crippen LogP contribution in [0.25, 0.3) is 0 Å². The van der Waals surface area contributed by atoms with E-state index in [0.29, 0.717) is 12.2 Å². The van der Waals surface area contributed by atoms with Gasteiger partial charge < -0.3 is 0 Å². The molecule has 0 bridgehead atoms. The molecular weight excluding hydrogens is 160 g/mol. The second kappa shape index (κ2) is 6.64. The highest BCUT2D eigenvalue weighted by Gasteiger charge is 2.15. The molecule has 0 aromatic rings. The van der Waals surface area contributed by atoms with E-state index in [1.165, 1.54) is 5.57 Å². The Balaban J connectivity index is 0.000000671. The lowest BCUT2D eigenvalue weighted by Gasteiger charge is -2.13. The molecule has 1 rings (SSSR count). The van der Waals surface area contributed by atoms with E-state index in [1.54, 1.807) is 0 Å². The average molecular weight is 180 g/mol. The van der Waals surface area contributed by atoms with Crippen molar-refractivity contribution in [3.05, 3.63) is 23.3 Å². The molecule has 0 atom stereocenters. The number of rotatable bonds is 1. The van der Waals surface area contributed by atoms with Gasteiger partial charge >= 0.3 is 0 Å². The first-order valence-electron chi connectivity index (χ1n) is 5.18. The summed E-state index contributed by atoms with van der Waals surface area (Å²) in [7, 11) is 0. The summed E-state index contributed by atoms with van der Waals surface area (Å²) in [5.74, 6) is 0.312. The zero-order valence-corrected chi connectivity index (χ0v) is 9.18. The normalized spacial score (nSPS) is 19.2. The molecule has 1 nitrogen and oxygen atoms in total. The van der Waals surface area contributed by atoms with Crippen LogP contribution >= 0.6 is 0 Å². The highest BCUT2D eigenvalue weighted by molar-refractivity contribution is 6.00. The van der Waals surface area contributed by atoms with Gasteiger partial charge in [-0.3, -0.25) is 4.79 Å². The predicted molar refractivity (Wildman–Crippen MR) is 57.7 cm³/mol. The fourth-order valence-electron chi connectivity index (χ4n) is 1.48. The highest BCUT2D eigenvalue weighted by atomic mass is 16.1. The van der Waals surface area contributed by atoms with Gasteiger partial charge in [-0.25, -0.2) is 0 Å². The van der Waals surface area contributed by atoms with Crippen LogP contribution in [-0.2, 0) is 4.79 Å². The average Bonchev–Trinajstić information content (AvgIpc) is 2.20. The molecule has 0 spiro atoms. The van der Waals surface area contributed by atoms with Crippen molar-refractivity contribution in [2.45, 2.75) is 47.0 Å². The van der Waals surface area contributed by atoms with Crippen LogP contribution in [0.3, 0.4) is 0 Å². The number of hydrogen-bond acceptors (Lipinski definition) is 1. The first-order valence-corrected chi connectivity index (χ1v) is 5.18. The van der Waals surface area contributed by atoms with E-state index in [1.807, 2.05) is 26.8 Å². The third kappa shape index (κ3) is 3.17. The van der Waals surface area contributed by atoms with Crippen molar-refractivity contribution >= 4 is 5.78 Å².